The highest BCUT2D eigenvalue weighted by Crippen LogP contribution is 2.31. The second kappa shape index (κ2) is 5.95. The summed E-state index contributed by atoms with van der Waals surface area (Å²) < 4.78 is 21.0. The Morgan fingerprint density at radius 1 is 1.12 bits per heavy atom. The molecule has 2 amide bonds. The lowest BCUT2D eigenvalue weighted by Gasteiger charge is -2.31. The summed E-state index contributed by atoms with van der Waals surface area (Å²) >= 11 is 0. The van der Waals surface area contributed by atoms with Crippen LogP contribution in [-0.2, 0) is 4.74 Å². The van der Waals surface area contributed by atoms with Gasteiger partial charge in [-0.2, -0.15) is 0 Å². The average Bonchev–Trinajstić information content (AvgIpc) is 2.90. The van der Waals surface area contributed by atoms with Gasteiger partial charge in [0.1, 0.15) is 17.3 Å². The molecule has 0 atom stereocenters. The fourth-order valence-corrected chi connectivity index (χ4v) is 3.29. The van der Waals surface area contributed by atoms with Gasteiger partial charge in [-0.15, -0.1) is 0 Å². The molecule has 1 aromatic carbocycles. The zero-order chi connectivity index (χ0) is 18.4. The van der Waals surface area contributed by atoms with E-state index in [1.807, 2.05) is 4.90 Å². The van der Waals surface area contributed by atoms with Crippen LogP contribution in [0.1, 0.15) is 20.7 Å². The van der Waals surface area contributed by atoms with Crippen LogP contribution in [0.15, 0.2) is 29.1 Å². The molecule has 0 aliphatic carbocycles. The minimum absolute atomic E-state index is 0.0492. The number of halogens is 1. The van der Waals surface area contributed by atoms with E-state index in [4.69, 9.17) is 10.5 Å². The van der Waals surface area contributed by atoms with Crippen molar-refractivity contribution in [3.63, 3.8) is 0 Å². The lowest BCUT2D eigenvalue weighted by atomic mass is 10.1. The molecule has 0 saturated carbocycles. The van der Waals surface area contributed by atoms with Crippen LogP contribution in [-0.4, -0.2) is 42.7 Å². The molecule has 134 valence electrons. The van der Waals surface area contributed by atoms with Gasteiger partial charge in [0.05, 0.1) is 30.0 Å². The van der Waals surface area contributed by atoms with Crippen molar-refractivity contribution in [2.24, 2.45) is 0 Å². The number of anilines is 2. The Balaban J connectivity index is 1.98. The topological polar surface area (TPSA) is 107 Å². The van der Waals surface area contributed by atoms with Crippen LogP contribution in [0.3, 0.4) is 0 Å². The lowest BCUT2D eigenvalue weighted by Crippen LogP contribution is -2.37. The predicted molar refractivity (Wildman–Crippen MR) is 91.2 cm³/mol. The van der Waals surface area contributed by atoms with Gasteiger partial charge in [-0.25, -0.2) is 4.39 Å². The van der Waals surface area contributed by atoms with Crippen LogP contribution in [0.2, 0.25) is 0 Å². The van der Waals surface area contributed by atoms with Crippen molar-refractivity contribution >= 4 is 23.3 Å². The number of carbonyl (C=O) groups excluding carboxylic acids is 2. The van der Waals surface area contributed by atoms with Crippen LogP contribution in [0.4, 0.5) is 15.9 Å². The van der Waals surface area contributed by atoms with Crippen molar-refractivity contribution in [3.8, 4) is 5.69 Å². The number of para-hydroxylation sites is 1. The maximum Gasteiger partial charge on any atom is 0.262 e. The number of nitrogens with zero attached hydrogens (tertiary/aromatic N) is 2. The van der Waals surface area contributed by atoms with E-state index in [1.54, 1.807) is 6.07 Å². The number of nitrogens with two attached hydrogens (primary N) is 1. The lowest BCUT2D eigenvalue weighted by molar-refractivity contribution is 0.0880. The molecule has 0 unspecified atom stereocenters. The van der Waals surface area contributed by atoms with E-state index in [-0.39, 0.29) is 22.6 Å². The van der Waals surface area contributed by atoms with E-state index in [9.17, 15) is 18.8 Å². The zero-order valence-electron chi connectivity index (χ0n) is 13.6. The molecule has 26 heavy (non-hydrogen) atoms. The van der Waals surface area contributed by atoms with Gasteiger partial charge in [-0.1, -0.05) is 6.07 Å². The van der Waals surface area contributed by atoms with E-state index in [1.165, 1.54) is 12.1 Å². The van der Waals surface area contributed by atoms with Crippen LogP contribution in [0.25, 0.3) is 5.69 Å². The summed E-state index contributed by atoms with van der Waals surface area (Å²) in [5.41, 5.74) is 5.54. The molecular formula is C17H15FN4O4. The van der Waals surface area contributed by atoms with Gasteiger partial charge in [0, 0.05) is 19.2 Å². The quantitative estimate of drug-likeness (QED) is 0.747. The van der Waals surface area contributed by atoms with E-state index in [2.05, 4.69) is 5.32 Å². The Morgan fingerprint density at radius 2 is 1.85 bits per heavy atom. The summed E-state index contributed by atoms with van der Waals surface area (Å²) in [7, 11) is 0. The van der Waals surface area contributed by atoms with Gasteiger partial charge in [-0.05, 0) is 12.1 Å². The summed E-state index contributed by atoms with van der Waals surface area (Å²) in [6.45, 7) is 1.99. The molecule has 3 N–H and O–H groups in total. The van der Waals surface area contributed by atoms with Gasteiger partial charge in [0.25, 0.3) is 17.4 Å². The molecule has 4 rings (SSSR count). The number of amides is 2. The van der Waals surface area contributed by atoms with Crippen molar-refractivity contribution in [2.75, 3.05) is 36.9 Å². The first-order chi connectivity index (χ1) is 12.5. The number of nitrogens with one attached hydrogen (secondary N) is 1. The molecule has 2 aliphatic rings. The first-order valence-electron chi connectivity index (χ1n) is 8.02. The standard InChI is InChI=1S/C17H15FN4O4/c18-10-2-1-3-11(21-4-6-26-7-5-21)14(10)22-12(23)8-9-13(15(22)19)17(25)20-16(9)24/h1-3,8H,4-7,19H2,(H,20,24,25). The smallest absolute Gasteiger partial charge is 0.262 e. The molecule has 2 aliphatic heterocycles. The molecule has 8 nitrogen and oxygen atoms in total. The van der Waals surface area contributed by atoms with Crippen LogP contribution in [0.5, 0.6) is 0 Å². The minimum atomic E-state index is -0.708. The highest BCUT2D eigenvalue weighted by Gasteiger charge is 2.33. The summed E-state index contributed by atoms with van der Waals surface area (Å²) in [5.74, 6) is -2.33. The number of carbonyl (C=O) groups is 2. The number of hydrogen-bond donors (Lipinski definition) is 2. The maximum atomic E-state index is 14.7. The van der Waals surface area contributed by atoms with E-state index in [0.29, 0.717) is 32.0 Å². The normalized spacial score (nSPS) is 16.6. The molecule has 0 radical (unpaired) electrons. The molecule has 2 aromatic rings. The van der Waals surface area contributed by atoms with Crippen molar-refractivity contribution in [1.29, 1.82) is 0 Å². The summed E-state index contributed by atoms with van der Waals surface area (Å²) in [6, 6.07) is 5.42. The summed E-state index contributed by atoms with van der Waals surface area (Å²) in [5, 5.41) is 2.09. The average molecular weight is 358 g/mol. The monoisotopic (exact) mass is 358 g/mol. The predicted octanol–water partition coefficient (Wildman–Crippen LogP) is 0.279. The van der Waals surface area contributed by atoms with Gasteiger partial charge >= 0.3 is 0 Å². The number of morpholine rings is 1. The fourth-order valence-electron chi connectivity index (χ4n) is 3.29. The number of ether oxygens (including phenoxy) is 1. The second-order valence-electron chi connectivity index (χ2n) is 5.98. The first-order valence-corrected chi connectivity index (χ1v) is 8.02. The van der Waals surface area contributed by atoms with E-state index in [0.717, 1.165) is 10.6 Å². The van der Waals surface area contributed by atoms with E-state index >= 15 is 0 Å². The van der Waals surface area contributed by atoms with Crippen LogP contribution >= 0.6 is 0 Å². The number of pyridine rings is 1. The van der Waals surface area contributed by atoms with Crippen molar-refractivity contribution in [2.45, 2.75) is 0 Å². The molecule has 1 fully saturated rings. The first kappa shape index (κ1) is 16.3. The Kier molecular flexibility index (Phi) is 3.73. The molecule has 9 heteroatoms. The summed E-state index contributed by atoms with van der Waals surface area (Å²) in [4.78, 5) is 38.3. The number of nitrogen functional groups attached to an aromatic ring is 1. The number of aromatic nitrogens is 1. The summed E-state index contributed by atoms with van der Waals surface area (Å²) in [6.07, 6.45) is 0. The number of imide groups is 1. The number of hydrogen-bond acceptors (Lipinski definition) is 6. The van der Waals surface area contributed by atoms with Gasteiger partial charge in [-0.3, -0.25) is 24.3 Å². The van der Waals surface area contributed by atoms with Crippen molar-refractivity contribution in [3.05, 3.63) is 51.6 Å². The zero-order valence-corrected chi connectivity index (χ0v) is 13.6. The Bertz CT molecular complexity index is 995. The number of rotatable bonds is 2. The minimum Gasteiger partial charge on any atom is -0.384 e. The van der Waals surface area contributed by atoms with Gasteiger partial charge < -0.3 is 15.4 Å². The molecule has 0 spiro atoms. The fraction of sp³-hybridized carbons (Fsp3) is 0.235. The largest absolute Gasteiger partial charge is 0.384 e. The highest BCUT2D eigenvalue weighted by atomic mass is 19.1. The van der Waals surface area contributed by atoms with Gasteiger partial charge in [0.2, 0.25) is 0 Å². The Hall–Kier alpha value is -3.20. The third-order valence-corrected chi connectivity index (χ3v) is 4.49. The van der Waals surface area contributed by atoms with Gasteiger partial charge in [0.15, 0.2) is 0 Å². The molecule has 1 saturated heterocycles. The third-order valence-electron chi connectivity index (χ3n) is 4.49. The van der Waals surface area contributed by atoms with Crippen molar-refractivity contribution in [1.82, 2.24) is 9.88 Å². The third kappa shape index (κ3) is 2.36. The molecule has 3 heterocycles. The second-order valence-corrected chi connectivity index (χ2v) is 5.98. The number of benzene rings is 1. The Morgan fingerprint density at radius 3 is 2.58 bits per heavy atom. The molecule has 1 aromatic heterocycles. The number of fused-ring (bicyclic) bond motifs is 1. The molecular weight excluding hydrogens is 343 g/mol. The molecule has 0 bridgehead atoms. The van der Waals surface area contributed by atoms with E-state index < -0.39 is 23.2 Å². The van der Waals surface area contributed by atoms with Crippen molar-refractivity contribution < 1.29 is 18.7 Å². The maximum absolute atomic E-state index is 14.7. The SMILES string of the molecule is Nc1c2c(cc(=O)n1-c1c(F)cccc1N1CCOCC1)C(=O)NC2=O. The highest BCUT2D eigenvalue weighted by molar-refractivity contribution is 6.23. The van der Waals surface area contributed by atoms with Crippen LogP contribution < -0.4 is 21.5 Å². The Labute approximate surface area is 147 Å². The van der Waals surface area contributed by atoms with Crippen LogP contribution in [0, 0.1) is 5.82 Å².